The number of ether oxygens (including phenoxy) is 2. The lowest BCUT2D eigenvalue weighted by molar-refractivity contribution is -0.157. The van der Waals surface area contributed by atoms with E-state index >= 15 is 4.39 Å². The summed E-state index contributed by atoms with van der Waals surface area (Å²) in [5.41, 5.74) is 8.10. The third-order valence-corrected chi connectivity index (χ3v) is 7.57. The molecule has 0 saturated carbocycles. The van der Waals surface area contributed by atoms with Crippen LogP contribution < -0.4 is 5.73 Å². The van der Waals surface area contributed by atoms with Crippen LogP contribution in [0.5, 0.6) is 0 Å². The quantitative estimate of drug-likeness (QED) is 0.117. The molecule has 40 heavy (non-hydrogen) atoms. The molecular weight excluding hydrogens is 575 g/mol. The van der Waals surface area contributed by atoms with Gasteiger partial charge in [-0.05, 0) is 84.0 Å². The van der Waals surface area contributed by atoms with Gasteiger partial charge in [-0.25, -0.2) is 14.0 Å². The van der Waals surface area contributed by atoms with E-state index in [1.807, 2.05) is 30.3 Å². The van der Waals surface area contributed by atoms with Crippen molar-refractivity contribution < 1.29 is 23.5 Å². The summed E-state index contributed by atoms with van der Waals surface area (Å²) in [6.07, 6.45) is 1.79. The molecule has 3 rings (SSSR count). The minimum atomic E-state index is -2.25. The SMILES string of the molecule is CCN(CC)Cc1cc(C(=O)OCCCCCOC(=O)C(C)(F)c2ccc(-c3ccccc3)cc2)cc(Br)c1N. The van der Waals surface area contributed by atoms with Crippen LogP contribution in [-0.2, 0) is 26.5 Å². The Labute approximate surface area is 244 Å². The first-order valence-corrected chi connectivity index (χ1v) is 14.5. The normalized spacial score (nSPS) is 12.7. The van der Waals surface area contributed by atoms with Crippen LogP contribution in [-0.4, -0.2) is 43.1 Å². The Morgan fingerprint density at radius 2 is 1.50 bits per heavy atom. The monoisotopic (exact) mass is 612 g/mol. The van der Waals surface area contributed by atoms with Gasteiger partial charge < -0.3 is 15.2 Å². The van der Waals surface area contributed by atoms with Gasteiger partial charge in [-0.3, -0.25) is 4.90 Å². The van der Waals surface area contributed by atoms with Crippen LogP contribution in [0.25, 0.3) is 11.1 Å². The lowest BCUT2D eigenvalue weighted by atomic mass is 9.95. The van der Waals surface area contributed by atoms with Gasteiger partial charge in [0.15, 0.2) is 0 Å². The highest BCUT2D eigenvalue weighted by atomic mass is 79.9. The molecule has 6 nitrogen and oxygen atoms in total. The van der Waals surface area contributed by atoms with Crippen LogP contribution >= 0.6 is 15.9 Å². The summed E-state index contributed by atoms with van der Waals surface area (Å²) >= 11 is 3.44. The highest BCUT2D eigenvalue weighted by Gasteiger charge is 2.36. The number of unbranched alkanes of at least 4 members (excludes halogenated alkanes) is 2. The van der Waals surface area contributed by atoms with E-state index in [1.165, 1.54) is 6.92 Å². The maximum absolute atomic E-state index is 15.3. The first kappa shape index (κ1) is 31.3. The number of rotatable bonds is 14. The second-order valence-electron chi connectivity index (χ2n) is 9.77. The molecule has 0 aliphatic rings. The van der Waals surface area contributed by atoms with Gasteiger partial charge in [0.05, 0.1) is 24.5 Å². The Hall–Kier alpha value is -3.23. The number of hydrogen-bond acceptors (Lipinski definition) is 6. The Bertz CT molecular complexity index is 1260. The first-order valence-electron chi connectivity index (χ1n) is 13.7. The Balaban J connectivity index is 1.40. The van der Waals surface area contributed by atoms with Gasteiger partial charge >= 0.3 is 11.9 Å². The maximum Gasteiger partial charge on any atom is 0.348 e. The number of halogens is 2. The van der Waals surface area contributed by atoms with Gasteiger partial charge in [0, 0.05) is 16.6 Å². The number of carbonyl (C=O) groups excluding carboxylic acids is 2. The smallest absolute Gasteiger partial charge is 0.348 e. The molecule has 214 valence electrons. The van der Waals surface area contributed by atoms with Crippen molar-refractivity contribution in [3.8, 4) is 11.1 Å². The molecule has 0 aliphatic carbocycles. The number of esters is 2. The molecule has 0 saturated heterocycles. The fourth-order valence-electron chi connectivity index (χ4n) is 4.27. The van der Waals surface area contributed by atoms with Crippen molar-refractivity contribution in [2.24, 2.45) is 0 Å². The molecule has 0 spiro atoms. The summed E-state index contributed by atoms with van der Waals surface area (Å²) < 4.78 is 26.6. The number of hydrogen-bond donors (Lipinski definition) is 1. The number of nitrogens with zero attached hydrogens (tertiary/aromatic N) is 1. The number of alkyl halides is 1. The van der Waals surface area contributed by atoms with Crippen LogP contribution in [0.4, 0.5) is 10.1 Å². The molecule has 1 unspecified atom stereocenters. The predicted octanol–water partition coefficient (Wildman–Crippen LogP) is 7.30. The van der Waals surface area contributed by atoms with E-state index in [9.17, 15) is 9.59 Å². The molecule has 0 bridgehead atoms. The largest absolute Gasteiger partial charge is 0.463 e. The molecule has 8 heteroatoms. The van der Waals surface area contributed by atoms with Crippen LogP contribution in [0.15, 0.2) is 71.2 Å². The Morgan fingerprint density at radius 3 is 2.12 bits per heavy atom. The molecule has 2 N–H and O–H groups in total. The first-order chi connectivity index (χ1) is 19.2. The lowest BCUT2D eigenvalue weighted by Crippen LogP contribution is -2.30. The number of nitrogens with two attached hydrogens (primary N) is 1. The fraction of sp³-hybridized carbons (Fsp3) is 0.375. The minimum Gasteiger partial charge on any atom is -0.463 e. The molecular formula is C32H38BrFN2O4. The van der Waals surface area contributed by atoms with Crippen molar-refractivity contribution in [2.75, 3.05) is 32.0 Å². The summed E-state index contributed by atoms with van der Waals surface area (Å²) in [5, 5.41) is 0. The number of benzene rings is 3. The molecule has 0 amide bonds. The summed E-state index contributed by atoms with van der Waals surface area (Å²) in [5.74, 6) is -1.33. The molecule has 0 heterocycles. The van der Waals surface area contributed by atoms with E-state index in [4.69, 9.17) is 15.2 Å². The van der Waals surface area contributed by atoms with E-state index in [0.29, 0.717) is 41.5 Å². The summed E-state index contributed by atoms with van der Waals surface area (Å²) in [6, 6.07) is 20.0. The molecule has 3 aromatic rings. The predicted molar refractivity (Wildman–Crippen MR) is 161 cm³/mol. The number of anilines is 1. The molecule has 0 fully saturated rings. The fourth-order valence-corrected chi connectivity index (χ4v) is 4.77. The van der Waals surface area contributed by atoms with Gasteiger partial charge in [0.1, 0.15) is 0 Å². The van der Waals surface area contributed by atoms with Crippen LogP contribution in [0.1, 0.15) is 61.5 Å². The van der Waals surface area contributed by atoms with E-state index in [1.54, 1.807) is 36.4 Å². The summed E-state index contributed by atoms with van der Waals surface area (Å²) in [4.78, 5) is 27.3. The topological polar surface area (TPSA) is 81.9 Å². The molecule has 0 aromatic heterocycles. The summed E-state index contributed by atoms with van der Waals surface area (Å²) in [6.45, 7) is 8.10. The zero-order valence-electron chi connectivity index (χ0n) is 23.4. The number of nitrogen functional groups attached to an aromatic ring is 1. The van der Waals surface area contributed by atoms with Crippen molar-refractivity contribution in [3.05, 3.63) is 87.9 Å². The van der Waals surface area contributed by atoms with Crippen LogP contribution in [0.2, 0.25) is 0 Å². The third-order valence-electron chi connectivity index (χ3n) is 6.91. The second kappa shape index (κ2) is 15.0. The van der Waals surface area contributed by atoms with Gasteiger partial charge in [-0.1, -0.05) is 68.4 Å². The van der Waals surface area contributed by atoms with Crippen molar-refractivity contribution >= 4 is 33.6 Å². The average molecular weight is 614 g/mol. The van der Waals surface area contributed by atoms with Gasteiger partial charge in [0.25, 0.3) is 0 Å². The number of carbonyl (C=O) groups is 2. The van der Waals surface area contributed by atoms with E-state index in [-0.39, 0.29) is 18.8 Å². The Kier molecular flexibility index (Phi) is 11.7. The highest BCUT2D eigenvalue weighted by Crippen LogP contribution is 2.30. The van der Waals surface area contributed by atoms with E-state index in [2.05, 4.69) is 34.7 Å². The third kappa shape index (κ3) is 8.38. The van der Waals surface area contributed by atoms with Gasteiger partial charge in [-0.15, -0.1) is 0 Å². The zero-order valence-corrected chi connectivity index (χ0v) is 25.0. The van der Waals surface area contributed by atoms with Crippen molar-refractivity contribution in [3.63, 3.8) is 0 Å². The van der Waals surface area contributed by atoms with Crippen molar-refractivity contribution in [1.82, 2.24) is 4.90 Å². The summed E-state index contributed by atoms with van der Waals surface area (Å²) in [7, 11) is 0. The molecule has 3 aromatic carbocycles. The Morgan fingerprint density at radius 1 is 0.900 bits per heavy atom. The van der Waals surface area contributed by atoms with E-state index < -0.39 is 17.6 Å². The van der Waals surface area contributed by atoms with Crippen molar-refractivity contribution in [2.45, 2.75) is 52.2 Å². The standard InChI is InChI=1S/C32H38BrFN2O4/c1-4-36(5-2)22-26-20-25(21-28(33)29(26)35)30(37)39-18-10-7-11-19-40-31(38)32(3,34)27-16-14-24(15-17-27)23-12-8-6-9-13-23/h6,8-9,12-17,20-21H,4-5,7,10-11,18-19,22,35H2,1-3H3. The maximum atomic E-state index is 15.3. The molecule has 1 atom stereocenters. The molecule has 0 radical (unpaired) electrons. The second-order valence-corrected chi connectivity index (χ2v) is 10.6. The zero-order chi connectivity index (χ0) is 29.1. The lowest BCUT2D eigenvalue weighted by Gasteiger charge is -2.20. The molecule has 0 aliphatic heterocycles. The minimum absolute atomic E-state index is 0.0913. The van der Waals surface area contributed by atoms with Gasteiger partial charge in [-0.2, -0.15) is 0 Å². The highest BCUT2D eigenvalue weighted by molar-refractivity contribution is 9.10. The van der Waals surface area contributed by atoms with Crippen molar-refractivity contribution in [1.29, 1.82) is 0 Å². The van der Waals surface area contributed by atoms with Crippen LogP contribution in [0, 0.1) is 0 Å². The van der Waals surface area contributed by atoms with Crippen LogP contribution in [0.3, 0.4) is 0 Å². The average Bonchev–Trinajstić information content (AvgIpc) is 2.97. The van der Waals surface area contributed by atoms with Gasteiger partial charge in [0.2, 0.25) is 5.67 Å². The van der Waals surface area contributed by atoms with E-state index in [0.717, 1.165) is 29.8 Å².